The molecular weight excluding hydrogens is 264 g/mol. The van der Waals surface area contributed by atoms with Crippen LogP contribution in [0.3, 0.4) is 0 Å². The van der Waals surface area contributed by atoms with Crippen molar-refractivity contribution < 1.29 is 8.78 Å². The Hall–Kier alpha value is -2.49. The fourth-order valence-electron chi connectivity index (χ4n) is 1.78. The SMILES string of the molecule is N#Cc1cc(F)c(NCCCCn2cnnc2)c(F)c1. The second-order valence-corrected chi connectivity index (χ2v) is 4.26. The summed E-state index contributed by atoms with van der Waals surface area (Å²) in [5, 5.41) is 18.7. The predicted molar refractivity (Wildman–Crippen MR) is 68.8 cm³/mol. The molecule has 0 fully saturated rings. The number of unbranched alkanes of at least 4 members (excludes halogenated alkanes) is 1. The number of halogens is 2. The number of nitriles is 1. The fourth-order valence-corrected chi connectivity index (χ4v) is 1.78. The molecule has 1 N–H and O–H groups in total. The van der Waals surface area contributed by atoms with Gasteiger partial charge < -0.3 is 9.88 Å². The fraction of sp³-hybridized carbons (Fsp3) is 0.308. The second-order valence-electron chi connectivity index (χ2n) is 4.26. The third-order valence-electron chi connectivity index (χ3n) is 2.78. The molecule has 0 saturated carbocycles. The van der Waals surface area contributed by atoms with Crippen LogP contribution in [-0.4, -0.2) is 21.3 Å². The first-order chi connectivity index (χ1) is 9.70. The van der Waals surface area contributed by atoms with Crippen LogP contribution >= 0.6 is 0 Å². The van der Waals surface area contributed by atoms with Crippen LogP contribution in [0.1, 0.15) is 18.4 Å². The van der Waals surface area contributed by atoms with Crippen molar-refractivity contribution >= 4 is 5.69 Å². The molecule has 0 aliphatic carbocycles. The van der Waals surface area contributed by atoms with E-state index < -0.39 is 11.6 Å². The Labute approximate surface area is 114 Å². The molecule has 104 valence electrons. The van der Waals surface area contributed by atoms with E-state index in [0.29, 0.717) is 6.54 Å². The van der Waals surface area contributed by atoms with E-state index in [1.54, 1.807) is 18.7 Å². The predicted octanol–water partition coefficient (Wildman–Crippen LogP) is 2.32. The average Bonchev–Trinajstić information content (AvgIpc) is 2.94. The second kappa shape index (κ2) is 6.61. The van der Waals surface area contributed by atoms with Gasteiger partial charge in [0.05, 0.1) is 11.6 Å². The van der Waals surface area contributed by atoms with Gasteiger partial charge in [0, 0.05) is 13.1 Å². The summed E-state index contributed by atoms with van der Waals surface area (Å²) in [4.78, 5) is 0. The summed E-state index contributed by atoms with van der Waals surface area (Å²) in [7, 11) is 0. The van der Waals surface area contributed by atoms with Crippen molar-refractivity contribution in [2.75, 3.05) is 11.9 Å². The summed E-state index contributed by atoms with van der Waals surface area (Å²) in [5.74, 6) is -1.50. The maximum Gasteiger partial charge on any atom is 0.150 e. The monoisotopic (exact) mass is 277 g/mol. The first-order valence-corrected chi connectivity index (χ1v) is 6.16. The minimum Gasteiger partial charge on any atom is -0.380 e. The van der Waals surface area contributed by atoms with Gasteiger partial charge in [-0.15, -0.1) is 10.2 Å². The summed E-state index contributed by atoms with van der Waals surface area (Å²) >= 11 is 0. The summed E-state index contributed by atoms with van der Waals surface area (Å²) in [6.07, 6.45) is 4.82. The van der Waals surface area contributed by atoms with Crippen LogP contribution in [0.4, 0.5) is 14.5 Å². The molecule has 0 unspecified atom stereocenters. The van der Waals surface area contributed by atoms with Gasteiger partial charge in [-0.2, -0.15) is 5.26 Å². The third-order valence-corrected chi connectivity index (χ3v) is 2.78. The number of nitrogens with zero attached hydrogens (tertiary/aromatic N) is 4. The molecule has 0 spiro atoms. The molecule has 0 amide bonds. The molecule has 2 aromatic rings. The summed E-state index contributed by atoms with van der Waals surface area (Å²) in [6, 6.07) is 3.74. The zero-order chi connectivity index (χ0) is 14.4. The van der Waals surface area contributed by atoms with Gasteiger partial charge in [-0.1, -0.05) is 0 Å². The lowest BCUT2D eigenvalue weighted by atomic mass is 10.2. The molecule has 0 radical (unpaired) electrons. The Balaban J connectivity index is 1.81. The van der Waals surface area contributed by atoms with Crippen LogP contribution in [0.5, 0.6) is 0 Å². The Morgan fingerprint density at radius 3 is 2.40 bits per heavy atom. The van der Waals surface area contributed by atoms with Crippen molar-refractivity contribution in [2.24, 2.45) is 0 Å². The van der Waals surface area contributed by atoms with Gasteiger partial charge in [0.2, 0.25) is 0 Å². The largest absolute Gasteiger partial charge is 0.380 e. The summed E-state index contributed by atoms with van der Waals surface area (Å²) < 4.78 is 28.9. The van der Waals surface area contributed by atoms with Gasteiger partial charge in [0.15, 0.2) is 11.6 Å². The number of benzene rings is 1. The highest BCUT2D eigenvalue weighted by Crippen LogP contribution is 2.20. The molecule has 0 aliphatic heterocycles. The molecule has 0 aliphatic rings. The van der Waals surface area contributed by atoms with E-state index in [1.165, 1.54) is 0 Å². The number of rotatable bonds is 6. The van der Waals surface area contributed by atoms with Gasteiger partial charge in [-0.05, 0) is 25.0 Å². The number of aryl methyl sites for hydroxylation is 1. The smallest absolute Gasteiger partial charge is 0.150 e. The molecule has 7 heteroatoms. The number of anilines is 1. The summed E-state index contributed by atoms with van der Waals surface area (Å²) in [6.45, 7) is 1.20. The highest BCUT2D eigenvalue weighted by Gasteiger charge is 2.10. The van der Waals surface area contributed by atoms with Gasteiger partial charge in [-0.25, -0.2) is 8.78 Å². The van der Waals surface area contributed by atoms with Crippen LogP contribution in [0.15, 0.2) is 24.8 Å². The summed E-state index contributed by atoms with van der Waals surface area (Å²) in [5.41, 5.74) is -0.216. The highest BCUT2D eigenvalue weighted by atomic mass is 19.1. The number of hydrogen-bond donors (Lipinski definition) is 1. The van der Waals surface area contributed by atoms with Gasteiger partial charge in [0.1, 0.15) is 18.3 Å². The molecule has 0 atom stereocenters. The van der Waals surface area contributed by atoms with E-state index in [9.17, 15) is 8.78 Å². The van der Waals surface area contributed by atoms with E-state index in [-0.39, 0.29) is 11.3 Å². The standard InChI is InChI=1S/C13H13F2N5/c14-11-5-10(7-16)6-12(15)13(11)17-3-1-2-4-20-8-18-19-9-20/h5-6,8-9,17H,1-4H2. The average molecular weight is 277 g/mol. The van der Waals surface area contributed by atoms with Crippen molar-refractivity contribution in [1.82, 2.24) is 14.8 Å². The minimum atomic E-state index is -0.750. The van der Waals surface area contributed by atoms with Crippen LogP contribution < -0.4 is 5.32 Å². The third kappa shape index (κ3) is 3.51. The quantitative estimate of drug-likeness (QED) is 0.823. The maximum atomic E-state index is 13.6. The first kappa shape index (κ1) is 13.9. The van der Waals surface area contributed by atoms with Crippen LogP contribution in [0.25, 0.3) is 0 Å². The topological polar surface area (TPSA) is 66.5 Å². The van der Waals surface area contributed by atoms with Crippen molar-refractivity contribution in [1.29, 1.82) is 5.26 Å². The number of aromatic nitrogens is 3. The lowest BCUT2D eigenvalue weighted by Gasteiger charge is -2.09. The van der Waals surface area contributed by atoms with E-state index in [0.717, 1.165) is 31.5 Å². The minimum absolute atomic E-state index is 0.0295. The van der Waals surface area contributed by atoms with Gasteiger partial charge in [0.25, 0.3) is 0 Å². The molecule has 0 bridgehead atoms. The number of nitrogens with one attached hydrogen (secondary N) is 1. The molecule has 1 heterocycles. The van der Waals surface area contributed by atoms with Crippen molar-refractivity contribution in [2.45, 2.75) is 19.4 Å². The normalized spacial score (nSPS) is 10.2. The molecule has 2 rings (SSSR count). The lowest BCUT2D eigenvalue weighted by Crippen LogP contribution is -2.07. The highest BCUT2D eigenvalue weighted by molar-refractivity contribution is 5.50. The first-order valence-electron chi connectivity index (χ1n) is 6.16. The van der Waals surface area contributed by atoms with Crippen molar-refractivity contribution in [3.05, 3.63) is 42.0 Å². The molecule has 1 aromatic heterocycles. The van der Waals surface area contributed by atoms with Crippen LogP contribution in [-0.2, 0) is 6.54 Å². The van der Waals surface area contributed by atoms with Gasteiger partial charge >= 0.3 is 0 Å². The van der Waals surface area contributed by atoms with Crippen LogP contribution in [0.2, 0.25) is 0 Å². The molecule has 5 nitrogen and oxygen atoms in total. The molecule has 20 heavy (non-hydrogen) atoms. The van der Waals surface area contributed by atoms with E-state index >= 15 is 0 Å². The Bertz CT molecular complexity index is 581. The van der Waals surface area contributed by atoms with E-state index in [1.807, 2.05) is 4.57 Å². The zero-order valence-corrected chi connectivity index (χ0v) is 10.7. The van der Waals surface area contributed by atoms with Crippen molar-refractivity contribution in [3.8, 4) is 6.07 Å². The van der Waals surface area contributed by atoms with Crippen LogP contribution in [0, 0.1) is 23.0 Å². The molecule has 0 saturated heterocycles. The molecular formula is C13H13F2N5. The lowest BCUT2D eigenvalue weighted by molar-refractivity contribution is 0.582. The maximum absolute atomic E-state index is 13.6. The van der Waals surface area contributed by atoms with E-state index in [4.69, 9.17) is 5.26 Å². The Morgan fingerprint density at radius 1 is 1.15 bits per heavy atom. The van der Waals surface area contributed by atoms with Crippen molar-refractivity contribution in [3.63, 3.8) is 0 Å². The van der Waals surface area contributed by atoms with Gasteiger partial charge in [-0.3, -0.25) is 0 Å². The zero-order valence-electron chi connectivity index (χ0n) is 10.7. The van der Waals surface area contributed by atoms with E-state index in [2.05, 4.69) is 15.5 Å². The number of hydrogen-bond acceptors (Lipinski definition) is 4. The molecule has 1 aromatic carbocycles. The Morgan fingerprint density at radius 2 is 1.80 bits per heavy atom. The Kier molecular flexibility index (Phi) is 4.60.